The molecule has 16 heavy (non-hydrogen) atoms. The number of carbonyl (C=O) groups excluding carboxylic acids is 2. The van der Waals surface area contributed by atoms with Gasteiger partial charge in [-0.2, -0.15) is 0 Å². The molecular weight excluding hydrogens is 208 g/mol. The largest absolute Gasteiger partial charge is 0.462 e. The molecule has 5 nitrogen and oxygen atoms in total. The van der Waals surface area contributed by atoms with E-state index >= 15 is 0 Å². The molecule has 1 saturated heterocycles. The second-order valence-electron chi connectivity index (χ2n) is 4.79. The van der Waals surface area contributed by atoms with Gasteiger partial charge in [-0.3, -0.25) is 4.79 Å². The first-order valence-corrected chi connectivity index (χ1v) is 5.51. The number of nitrogens with one attached hydrogen (secondary N) is 1. The third kappa shape index (κ3) is 3.48. The van der Waals surface area contributed by atoms with E-state index in [1.807, 2.05) is 0 Å². The Kier molecular flexibility index (Phi) is 4.29. The molecular formula is C11H20N2O3. The van der Waals surface area contributed by atoms with Gasteiger partial charge < -0.3 is 15.0 Å². The first kappa shape index (κ1) is 13.0. The lowest BCUT2D eigenvalue weighted by molar-refractivity contribution is -0.152. The summed E-state index contributed by atoms with van der Waals surface area (Å²) in [5, 5.41) is 2.63. The van der Waals surface area contributed by atoms with Crippen LogP contribution in [0.2, 0.25) is 0 Å². The van der Waals surface area contributed by atoms with Crippen LogP contribution in [0, 0.1) is 5.41 Å². The molecule has 0 aromatic heterocycles. The SMILES string of the molecule is COC(=O)C(=O)NCC1(C)CCN(C)CC1. The van der Waals surface area contributed by atoms with E-state index in [1.165, 1.54) is 7.11 Å². The van der Waals surface area contributed by atoms with Gasteiger partial charge in [-0.15, -0.1) is 0 Å². The molecule has 1 N–H and O–H groups in total. The highest BCUT2D eigenvalue weighted by Gasteiger charge is 2.29. The Balaban J connectivity index is 2.37. The van der Waals surface area contributed by atoms with Crippen LogP contribution in [0.15, 0.2) is 0 Å². The molecule has 1 amide bonds. The number of nitrogens with zero attached hydrogens (tertiary/aromatic N) is 1. The minimum atomic E-state index is -0.823. The van der Waals surface area contributed by atoms with E-state index < -0.39 is 11.9 Å². The quantitative estimate of drug-likeness (QED) is 0.534. The van der Waals surface area contributed by atoms with Gasteiger partial charge in [0.2, 0.25) is 0 Å². The fourth-order valence-electron chi connectivity index (χ4n) is 1.79. The lowest BCUT2D eigenvalue weighted by Crippen LogP contribution is -2.45. The molecule has 1 fully saturated rings. The highest BCUT2D eigenvalue weighted by molar-refractivity contribution is 6.32. The lowest BCUT2D eigenvalue weighted by Gasteiger charge is -2.37. The fraction of sp³-hybridized carbons (Fsp3) is 0.818. The molecule has 1 aliphatic rings. The van der Waals surface area contributed by atoms with Crippen molar-refractivity contribution in [3.8, 4) is 0 Å². The summed E-state index contributed by atoms with van der Waals surface area (Å²) in [4.78, 5) is 24.4. The highest BCUT2D eigenvalue weighted by Crippen LogP contribution is 2.29. The Labute approximate surface area is 96.1 Å². The van der Waals surface area contributed by atoms with Crippen molar-refractivity contribution in [2.45, 2.75) is 19.8 Å². The molecule has 0 spiro atoms. The number of methoxy groups -OCH3 is 1. The second kappa shape index (κ2) is 5.30. The third-order valence-corrected chi connectivity index (χ3v) is 3.24. The molecule has 1 rings (SSSR count). The van der Waals surface area contributed by atoms with Gasteiger partial charge in [-0.05, 0) is 38.4 Å². The minimum absolute atomic E-state index is 0.0934. The zero-order valence-corrected chi connectivity index (χ0v) is 10.2. The van der Waals surface area contributed by atoms with Crippen LogP contribution in [0.5, 0.6) is 0 Å². The van der Waals surface area contributed by atoms with E-state index in [0.29, 0.717) is 6.54 Å². The van der Waals surface area contributed by atoms with Crippen molar-refractivity contribution in [1.29, 1.82) is 0 Å². The van der Waals surface area contributed by atoms with Crippen LogP contribution < -0.4 is 5.32 Å². The van der Waals surface area contributed by atoms with Crippen LogP contribution in [0.4, 0.5) is 0 Å². The van der Waals surface area contributed by atoms with Gasteiger partial charge in [-0.25, -0.2) is 4.79 Å². The van der Waals surface area contributed by atoms with E-state index in [2.05, 4.69) is 28.9 Å². The number of ether oxygens (including phenoxy) is 1. The van der Waals surface area contributed by atoms with Crippen LogP contribution in [0.25, 0.3) is 0 Å². The second-order valence-corrected chi connectivity index (χ2v) is 4.79. The van der Waals surface area contributed by atoms with Crippen molar-refractivity contribution >= 4 is 11.9 Å². The molecule has 5 heteroatoms. The molecule has 0 radical (unpaired) electrons. The summed E-state index contributed by atoms with van der Waals surface area (Å²) in [6.45, 7) is 4.74. The average Bonchev–Trinajstić information content (AvgIpc) is 2.29. The van der Waals surface area contributed by atoms with E-state index in [0.717, 1.165) is 25.9 Å². The van der Waals surface area contributed by atoms with Gasteiger partial charge >= 0.3 is 11.9 Å². The minimum Gasteiger partial charge on any atom is -0.462 e. The lowest BCUT2D eigenvalue weighted by atomic mass is 9.80. The molecule has 0 aromatic carbocycles. The maximum absolute atomic E-state index is 11.2. The molecule has 0 aliphatic carbocycles. The Morgan fingerprint density at radius 3 is 2.44 bits per heavy atom. The number of hydrogen-bond donors (Lipinski definition) is 1. The molecule has 0 bridgehead atoms. The Morgan fingerprint density at radius 1 is 1.38 bits per heavy atom. The molecule has 0 atom stereocenters. The van der Waals surface area contributed by atoms with Gasteiger partial charge in [0.05, 0.1) is 7.11 Å². The highest BCUT2D eigenvalue weighted by atomic mass is 16.5. The average molecular weight is 228 g/mol. The Hall–Kier alpha value is -1.10. The topological polar surface area (TPSA) is 58.6 Å². The standard InChI is InChI=1S/C11H20N2O3/c1-11(4-6-13(2)7-5-11)8-12-9(14)10(15)16-3/h4-8H2,1-3H3,(H,12,14). The summed E-state index contributed by atoms with van der Waals surface area (Å²) < 4.78 is 4.34. The molecule has 92 valence electrons. The summed E-state index contributed by atoms with van der Waals surface area (Å²) in [6.07, 6.45) is 2.07. The number of rotatable bonds is 2. The number of likely N-dealkylation sites (tertiary alicyclic amines) is 1. The maximum atomic E-state index is 11.2. The van der Waals surface area contributed by atoms with Crippen LogP contribution in [-0.2, 0) is 14.3 Å². The number of hydrogen-bond acceptors (Lipinski definition) is 4. The third-order valence-electron chi connectivity index (χ3n) is 3.24. The van der Waals surface area contributed by atoms with Crippen LogP contribution in [-0.4, -0.2) is 50.6 Å². The van der Waals surface area contributed by atoms with Crippen molar-refractivity contribution < 1.29 is 14.3 Å². The number of piperidine rings is 1. The van der Waals surface area contributed by atoms with E-state index in [-0.39, 0.29) is 5.41 Å². The van der Waals surface area contributed by atoms with Crippen molar-refractivity contribution in [2.24, 2.45) is 5.41 Å². The van der Waals surface area contributed by atoms with Gasteiger partial charge in [0.15, 0.2) is 0 Å². The van der Waals surface area contributed by atoms with E-state index in [9.17, 15) is 9.59 Å². The van der Waals surface area contributed by atoms with Gasteiger partial charge in [0, 0.05) is 6.54 Å². The molecule has 0 aromatic rings. The van der Waals surface area contributed by atoms with Crippen LogP contribution >= 0.6 is 0 Å². The predicted octanol–water partition coefficient (Wildman–Crippen LogP) is 0.00750. The smallest absolute Gasteiger partial charge is 0.396 e. The van der Waals surface area contributed by atoms with Crippen molar-refractivity contribution in [3.05, 3.63) is 0 Å². The van der Waals surface area contributed by atoms with E-state index in [1.54, 1.807) is 0 Å². The fourth-order valence-corrected chi connectivity index (χ4v) is 1.79. The zero-order valence-electron chi connectivity index (χ0n) is 10.2. The first-order chi connectivity index (χ1) is 7.47. The Morgan fingerprint density at radius 2 is 1.94 bits per heavy atom. The summed E-state index contributed by atoms with van der Waals surface area (Å²) >= 11 is 0. The van der Waals surface area contributed by atoms with Crippen LogP contribution in [0.1, 0.15) is 19.8 Å². The normalized spacial score (nSPS) is 20.2. The summed E-state index contributed by atoms with van der Waals surface area (Å²) in [6, 6.07) is 0. The number of amides is 1. The monoisotopic (exact) mass is 228 g/mol. The first-order valence-electron chi connectivity index (χ1n) is 5.51. The van der Waals surface area contributed by atoms with Gasteiger partial charge in [0.1, 0.15) is 0 Å². The van der Waals surface area contributed by atoms with Crippen molar-refractivity contribution in [1.82, 2.24) is 10.2 Å². The molecule has 1 heterocycles. The van der Waals surface area contributed by atoms with Crippen LogP contribution in [0.3, 0.4) is 0 Å². The maximum Gasteiger partial charge on any atom is 0.396 e. The summed E-state index contributed by atoms with van der Waals surface area (Å²) in [5.74, 6) is -1.47. The molecule has 0 unspecified atom stereocenters. The zero-order chi connectivity index (χ0) is 12.2. The summed E-state index contributed by atoms with van der Waals surface area (Å²) in [5.41, 5.74) is 0.0934. The predicted molar refractivity (Wildman–Crippen MR) is 59.9 cm³/mol. The Bertz CT molecular complexity index is 270. The molecule has 1 aliphatic heterocycles. The van der Waals surface area contributed by atoms with E-state index in [4.69, 9.17) is 0 Å². The van der Waals surface area contributed by atoms with Crippen molar-refractivity contribution in [3.63, 3.8) is 0 Å². The van der Waals surface area contributed by atoms with Crippen molar-refractivity contribution in [2.75, 3.05) is 33.8 Å². The van der Waals surface area contributed by atoms with Gasteiger partial charge in [-0.1, -0.05) is 6.92 Å². The number of esters is 1. The summed E-state index contributed by atoms with van der Waals surface area (Å²) in [7, 11) is 3.30. The number of carbonyl (C=O) groups is 2. The molecule has 0 saturated carbocycles. The van der Waals surface area contributed by atoms with Gasteiger partial charge in [0.25, 0.3) is 0 Å².